The minimum atomic E-state index is -0.591. The Kier molecular flexibility index (Phi) is 4.62. The number of aliphatic hydroxyl groups excluding tert-OH is 1. The second kappa shape index (κ2) is 6.24. The molecule has 0 saturated heterocycles. The second-order valence-corrected chi connectivity index (χ2v) is 5.58. The molecule has 106 valence electrons. The number of hydrogen-bond donors (Lipinski definition) is 1. The summed E-state index contributed by atoms with van der Waals surface area (Å²) >= 11 is 1.09. The van der Waals surface area contributed by atoms with E-state index in [2.05, 4.69) is 4.98 Å². The van der Waals surface area contributed by atoms with Gasteiger partial charge in [0.2, 0.25) is 5.12 Å². The quantitative estimate of drug-likeness (QED) is 0.879. The molecule has 0 bridgehead atoms. The van der Waals surface area contributed by atoms with E-state index >= 15 is 0 Å². The van der Waals surface area contributed by atoms with Crippen molar-refractivity contribution in [1.82, 2.24) is 9.55 Å². The predicted octanol–water partition coefficient (Wildman–Crippen LogP) is 3.20. The Labute approximate surface area is 122 Å². The Balaban J connectivity index is 2.21. The van der Waals surface area contributed by atoms with Crippen LogP contribution < -0.4 is 0 Å². The third kappa shape index (κ3) is 3.11. The lowest BCUT2D eigenvalue weighted by Gasteiger charge is -2.10. The molecule has 0 amide bonds. The van der Waals surface area contributed by atoms with Gasteiger partial charge in [0.1, 0.15) is 0 Å². The summed E-state index contributed by atoms with van der Waals surface area (Å²) in [5.41, 5.74) is 2.51. The van der Waals surface area contributed by atoms with Crippen molar-refractivity contribution in [2.75, 3.05) is 0 Å². The van der Waals surface area contributed by atoms with Crippen LogP contribution in [0.4, 0.5) is 0 Å². The molecule has 0 fully saturated rings. The Hall–Kier alpha value is -1.59. The number of aromatic nitrogens is 2. The van der Waals surface area contributed by atoms with Crippen LogP contribution in [-0.2, 0) is 6.54 Å². The minimum absolute atomic E-state index is 0.0394. The average Bonchev–Trinajstić information content (AvgIpc) is 2.82. The normalized spacial score (nSPS) is 12.4. The lowest BCUT2D eigenvalue weighted by atomic mass is 10.2. The van der Waals surface area contributed by atoms with E-state index in [0.29, 0.717) is 17.3 Å². The summed E-state index contributed by atoms with van der Waals surface area (Å²) in [5, 5.41) is 10.3. The van der Waals surface area contributed by atoms with Gasteiger partial charge in [0.05, 0.1) is 18.0 Å². The minimum Gasteiger partial charge on any atom is -0.387 e. The fourth-order valence-corrected chi connectivity index (χ4v) is 2.81. The number of aliphatic hydroxyl groups is 1. The van der Waals surface area contributed by atoms with Crippen molar-refractivity contribution in [3.05, 3.63) is 47.3 Å². The maximum absolute atomic E-state index is 12.2. The first-order chi connectivity index (χ1) is 9.52. The van der Waals surface area contributed by atoms with Crippen molar-refractivity contribution in [3.63, 3.8) is 0 Å². The highest BCUT2D eigenvalue weighted by atomic mass is 32.2. The first-order valence-corrected chi connectivity index (χ1v) is 7.37. The number of hydrogen-bond acceptors (Lipinski definition) is 4. The fourth-order valence-electron chi connectivity index (χ4n) is 1.94. The van der Waals surface area contributed by atoms with Gasteiger partial charge >= 0.3 is 0 Å². The van der Waals surface area contributed by atoms with Crippen LogP contribution in [-0.4, -0.2) is 19.8 Å². The smallest absolute Gasteiger partial charge is 0.227 e. The third-order valence-electron chi connectivity index (χ3n) is 3.07. The van der Waals surface area contributed by atoms with E-state index in [1.54, 1.807) is 13.1 Å². The number of carbonyl (C=O) groups is 1. The molecule has 0 radical (unpaired) electrons. The molecule has 1 N–H and O–H groups in total. The molecule has 1 atom stereocenters. The summed E-state index contributed by atoms with van der Waals surface area (Å²) in [6, 6.07) is 7.47. The summed E-state index contributed by atoms with van der Waals surface area (Å²) in [5.74, 6) is 0. The van der Waals surface area contributed by atoms with Crippen molar-refractivity contribution in [1.29, 1.82) is 0 Å². The van der Waals surface area contributed by atoms with Crippen molar-refractivity contribution >= 4 is 16.9 Å². The highest BCUT2D eigenvalue weighted by molar-refractivity contribution is 8.14. The van der Waals surface area contributed by atoms with Gasteiger partial charge < -0.3 is 9.67 Å². The van der Waals surface area contributed by atoms with Crippen LogP contribution in [0, 0.1) is 6.92 Å². The van der Waals surface area contributed by atoms with Gasteiger partial charge in [-0.3, -0.25) is 4.79 Å². The van der Waals surface area contributed by atoms with Crippen molar-refractivity contribution in [2.24, 2.45) is 0 Å². The number of aryl methyl sites for hydroxylation is 1. The largest absolute Gasteiger partial charge is 0.387 e. The standard InChI is InChI=1S/C15H18N2O2S/c1-4-17-13(11(3)18)9-16-15(17)20-14(19)12-7-5-10(2)6-8-12/h5-9,11,18H,4H2,1-3H3. The van der Waals surface area contributed by atoms with Crippen LogP contribution >= 0.6 is 11.8 Å². The third-order valence-corrected chi connectivity index (χ3v) is 3.99. The van der Waals surface area contributed by atoms with Gasteiger partial charge in [-0.15, -0.1) is 0 Å². The second-order valence-electron chi connectivity index (χ2n) is 4.64. The Morgan fingerprint density at radius 2 is 2.05 bits per heavy atom. The zero-order chi connectivity index (χ0) is 14.7. The molecule has 1 aromatic heterocycles. The van der Waals surface area contributed by atoms with Crippen molar-refractivity contribution < 1.29 is 9.90 Å². The van der Waals surface area contributed by atoms with Crippen LogP contribution in [0.25, 0.3) is 0 Å². The summed E-state index contributed by atoms with van der Waals surface area (Å²) in [7, 11) is 0. The zero-order valence-corrected chi connectivity index (χ0v) is 12.6. The topological polar surface area (TPSA) is 55.1 Å². The SMILES string of the molecule is CCn1c(C(C)O)cnc1SC(=O)c1ccc(C)cc1. The number of thioether (sulfide) groups is 1. The fraction of sp³-hybridized carbons (Fsp3) is 0.333. The highest BCUT2D eigenvalue weighted by Gasteiger charge is 2.16. The highest BCUT2D eigenvalue weighted by Crippen LogP contribution is 2.25. The Morgan fingerprint density at radius 1 is 1.40 bits per heavy atom. The van der Waals surface area contributed by atoms with Gasteiger partial charge in [0.25, 0.3) is 0 Å². The van der Waals surface area contributed by atoms with E-state index in [4.69, 9.17) is 0 Å². The number of rotatable bonds is 4. The lowest BCUT2D eigenvalue weighted by Crippen LogP contribution is -2.06. The van der Waals surface area contributed by atoms with Crippen molar-refractivity contribution in [3.8, 4) is 0 Å². The van der Waals surface area contributed by atoms with Gasteiger partial charge in [-0.1, -0.05) is 29.8 Å². The molecule has 5 heteroatoms. The zero-order valence-electron chi connectivity index (χ0n) is 11.8. The van der Waals surface area contributed by atoms with E-state index in [-0.39, 0.29) is 5.12 Å². The van der Waals surface area contributed by atoms with Crippen molar-refractivity contribution in [2.45, 2.75) is 38.6 Å². The van der Waals surface area contributed by atoms with Crippen LogP contribution in [0.3, 0.4) is 0 Å². The van der Waals surface area contributed by atoms with E-state index in [1.165, 1.54) is 0 Å². The molecule has 4 nitrogen and oxygen atoms in total. The molecule has 0 saturated carbocycles. The predicted molar refractivity (Wildman–Crippen MR) is 79.9 cm³/mol. The average molecular weight is 290 g/mol. The summed E-state index contributed by atoms with van der Waals surface area (Å²) < 4.78 is 1.86. The number of benzene rings is 1. The molecule has 0 aliphatic carbocycles. The molecular weight excluding hydrogens is 272 g/mol. The first kappa shape index (κ1) is 14.8. The Morgan fingerprint density at radius 3 is 2.60 bits per heavy atom. The van der Waals surface area contributed by atoms with Gasteiger partial charge in [-0.2, -0.15) is 0 Å². The van der Waals surface area contributed by atoms with Gasteiger partial charge in [-0.25, -0.2) is 4.98 Å². The van der Waals surface area contributed by atoms with Gasteiger partial charge in [0.15, 0.2) is 5.16 Å². The maximum Gasteiger partial charge on any atom is 0.227 e. The summed E-state index contributed by atoms with van der Waals surface area (Å²) in [6.45, 7) is 6.32. The summed E-state index contributed by atoms with van der Waals surface area (Å²) in [4.78, 5) is 16.5. The van der Waals surface area contributed by atoms with E-state index in [9.17, 15) is 9.90 Å². The van der Waals surface area contributed by atoms with Crippen LogP contribution in [0.5, 0.6) is 0 Å². The molecule has 0 spiro atoms. The molecule has 0 aliphatic heterocycles. The van der Waals surface area contributed by atoms with Crippen LogP contribution in [0.2, 0.25) is 0 Å². The van der Waals surface area contributed by atoms with Crippen LogP contribution in [0.1, 0.15) is 41.6 Å². The molecule has 20 heavy (non-hydrogen) atoms. The van der Waals surface area contributed by atoms with Gasteiger partial charge in [-0.05, 0) is 32.5 Å². The molecule has 2 rings (SSSR count). The summed E-state index contributed by atoms with van der Waals surface area (Å²) in [6.07, 6.45) is 1.03. The van der Waals surface area contributed by atoms with Gasteiger partial charge in [0, 0.05) is 12.1 Å². The molecular formula is C15H18N2O2S. The number of imidazole rings is 1. The van der Waals surface area contributed by atoms with E-state index in [1.807, 2.05) is 42.7 Å². The monoisotopic (exact) mass is 290 g/mol. The Bertz CT molecular complexity index is 603. The molecule has 0 aliphatic rings. The molecule has 1 unspecified atom stereocenters. The van der Waals surface area contributed by atoms with E-state index in [0.717, 1.165) is 23.0 Å². The maximum atomic E-state index is 12.2. The molecule has 1 aromatic carbocycles. The number of carbonyl (C=O) groups excluding carboxylic acids is 1. The van der Waals surface area contributed by atoms with Crippen LogP contribution in [0.15, 0.2) is 35.6 Å². The molecule has 1 heterocycles. The first-order valence-electron chi connectivity index (χ1n) is 6.55. The lowest BCUT2D eigenvalue weighted by molar-refractivity contribution is 0.108. The van der Waals surface area contributed by atoms with E-state index < -0.39 is 6.10 Å². The number of nitrogens with zero attached hydrogens (tertiary/aromatic N) is 2. The molecule has 2 aromatic rings.